The smallest absolute Gasteiger partial charge is 0.303 e. The van der Waals surface area contributed by atoms with Crippen LogP contribution >= 0.6 is 0 Å². The van der Waals surface area contributed by atoms with E-state index < -0.39 is 5.97 Å². The van der Waals surface area contributed by atoms with E-state index in [-0.39, 0.29) is 24.3 Å². The maximum atomic E-state index is 12.4. The van der Waals surface area contributed by atoms with Gasteiger partial charge in [0.05, 0.1) is 6.04 Å². The lowest BCUT2D eigenvalue weighted by Crippen LogP contribution is -2.35. The summed E-state index contributed by atoms with van der Waals surface area (Å²) in [6, 6.07) is 9.39. The van der Waals surface area contributed by atoms with Crippen molar-refractivity contribution in [2.45, 2.75) is 45.1 Å². The van der Waals surface area contributed by atoms with Crippen molar-refractivity contribution in [3.63, 3.8) is 0 Å². The average molecular weight is 289 g/mol. The summed E-state index contributed by atoms with van der Waals surface area (Å²) in [7, 11) is 0. The highest BCUT2D eigenvalue weighted by Crippen LogP contribution is 2.32. The molecule has 0 radical (unpaired) electrons. The topological polar surface area (TPSA) is 66.4 Å². The second kappa shape index (κ2) is 7.25. The fourth-order valence-electron chi connectivity index (χ4n) is 3.09. The Morgan fingerprint density at radius 2 is 2.00 bits per heavy atom. The van der Waals surface area contributed by atoms with Crippen molar-refractivity contribution in [1.29, 1.82) is 0 Å². The third kappa shape index (κ3) is 4.31. The molecule has 1 fully saturated rings. The first-order valence-corrected chi connectivity index (χ1v) is 7.65. The predicted octanol–water partition coefficient (Wildman–Crippen LogP) is 3.14. The van der Waals surface area contributed by atoms with Gasteiger partial charge in [0.15, 0.2) is 0 Å². The highest BCUT2D eigenvalue weighted by Gasteiger charge is 2.31. The van der Waals surface area contributed by atoms with Crippen LogP contribution in [0.15, 0.2) is 30.3 Å². The van der Waals surface area contributed by atoms with E-state index >= 15 is 0 Å². The Kier molecular flexibility index (Phi) is 5.37. The van der Waals surface area contributed by atoms with Crippen LogP contribution in [-0.4, -0.2) is 17.0 Å². The summed E-state index contributed by atoms with van der Waals surface area (Å²) in [5, 5.41) is 11.9. The molecule has 0 heterocycles. The van der Waals surface area contributed by atoms with Gasteiger partial charge in [0.2, 0.25) is 5.91 Å². The van der Waals surface area contributed by atoms with E-state index in [0.29, 0.717) is 12.3 Å². The van der Waals surface area contributed by atoms with Crippen molar-refractivity contribution in [2.75, 3.05) is 0 Å². The summed E-state index contributed by atoms with van der Waals surface area (Å²) >= 11 is 0. The monoisotopic (exact) mass is 289 g/mol. The Morgan fingerprint density at radius 3 is 2.57 bits per heavy atom. The molecule has 3 atom stereocenters. The molecule has 1 saturated carbocycles. The standard InChI is InChI=1S/C17H23NO3/c1-12-6-5-9-14(12)17(21)18-15(10-11-16(19)20)13-7-3-2-4-8-13/h2-4,7-8,12,14-15H,5-6,9-11H2,1H3,(H,18,21)(H,19,20). The highest BCUT2D eigenvalue weighted by molar-refractivity contribution is 5.79. The summed E-state index contributed by atoms with van der Waals surface area (Å²) in [6.07, 6.45) is 3.62. The molecule has 0 bridgehead atoms. The molecule has 0 saturated heterocycles. The van der Waals surface area contributed by atoms with Gasteiger partial charge in [-0.2, -0.15) is 0 Å². The van der Waals surface area contributed by atoms with E-state index in [1.54, 1.807) is 0 Å². The molecular weight excluding hydrogens is 266 g/mol. The first-order valence-electron chi connectivity index (χ1n) is 7.65. The van der Waals surface area contributed by atoms with Crippen molar-refractivity contribution in [3.8, 4) is 0 Å². The number of carboxylic acid groups (broad SMARTS) is 1. The van der Waals surface area contributed by atoms with Crippen molar-refractivity contribution in [2.24, 2.45) is 11.8 Å². The summed E-state index contributed by atoms with van der Waals surface area (Å²) in [4.78, 5) is 23.2. The van der Waals surface area contributed by atoms with E-state index in [4.69, 9.17) is 5.11 Å². The number of aliphatic carboxylic acids is 1. The van der Waals surface area contributed by atoms with Gasteiger partial charge >= 0.3 is 5.97 Å². The first-order chi connectivity index (χ1) is 10.1. The zero-order valence-corrected chi connectivity index (χ0v) is 12.4. The number of carbonyl (C=O) groups excluding carboxylic acids is 1. The number of rotatable bonds is 6. The number of benzene rings is 1. The highest BCUT2D eigenvalue weighted by atomic mass is 16.4. The van der Waals surface area contributed by atoms with Crippen molar-refractivity contribution in [1.82, 2.24) is 5.32 Å². The molecule has 1 aliphatic carbocycles. The molecule has 1 aliphatic rings. The summed E-state index contributed by atoms with van der Waals surface area (Å²) in [6.45, 7) is 2.12. The molecule has 2 rings (SSSR count). The average Bonchev–Trinajstić information content (AvgIpc) is 2.90. The largest absolute Gasteiger partial charge is 0.481 e. The van der Waals surface area contributed by atoms with Crippen molar-refractivity contribution >= 4 is 11.9 Å². The van der Waals surface area contributed by atoms with Gasteiger partial charge in [-0.3, -0.25) is 9.59 Å². The normalized spacial score (nSPS) is 22.7. The SMILES string of the molecule is CC1CCCC1C(=O)NC(CCC(=O)O)c1ccccc1. The van der Waals surface area contributed by atoms with Crippen LogP contribution in [0.2, 0.25) is 0 Å². The minimum Gasteiger partial charge on any atom is -0.481 e. The predicted molar refractivity (Wildman–Crippen MR) is 80.7 cm³/mol. The van der Waals surface area contributed by atoms with Crippen molar-refractivity contribution < 1.29 is 14.7 Å². The molecule has 1 amide bonds. The zero-order chi connectivity index (χ0) is 15.2. The van der Waals surface area contributed by atoms with Crippen LogP contribution in [0, 0.1) is 11.8 Å². The zero-order valence-electron chi connectivity index (χ0n) is 12.4. The third-order valence-corrected chi connectivity index (χ3v) is 4.36. The third-order valence-electron chi connectivity index (χ3n) is 4.36. The van der Waals surface area contributed by atoms with E-state index in [2.05, 4.69) is 12.2 Å². The Balaban J connectivity index is 2.04. The number of carboxylic acids is 1. The van der Waals surface area contributed by atoms with Gasteiger partial charge in [-0.15, -0.1) is 0 Å². The lowest BCUT2D eigenvalue weighted by atomic mass is 9.95. The summed E-state index contributed by atoms with van der Waals surface area (Å²) < 4.78 is 0. The van der Waals surface area contributed by atoms with Crippen LogP contribution in [0.1, 0.15) is 50.6 Å². The fourth-order valence-corrected chi connectivity index (χ4v) is 3.09. The number of hydrogen-bond donors (Lipinski definition) is 2. The molecule has 21 heavy (non-hydrogen) atoms. The molecule has 0 aliphatic heterocycles. The van der Waals surface area contributed by atoms with Gasteiger partial charge < -0.3 is 10.4 Å². The lowest BCUT2D eigenvalue weighted by molar-refractivity contribution is -0.137. The maximum absolute atomic E-state index is 12.4. The molecule has 0 spiro atoms. The Hall–Kier alpha value is -1.84. The molecule has 4 nitrogen and oxygen atoms in total. The van der Waals surface area contributed by atoms with E-state index in [0.717, 1.165) is 24.8 Å². The maximum Gasteiger partial charge on any atom is 0.303 e. The minimum atomic E-state index is -0.834. The van der Waals surface area contributed by atoms with Crippen LogP contribution in [0.3, 0.4) is 0 Å². The second-order valence-electron chi connectivity index (χ2n) is 5.92. The Morgan fingerprint density at radius 1 is 1.29 bits per heavy atom. The molecule has 0 aromatic heterocycles. The summed E-state index contributed by atoms with van der Waals surface area (Å²) in [5.41, 5.74) is 0.970. The van der Waals surface area contributed by atoms with E-state index in [1.807, 2.05) is 30.3 Å². The summed E-state index contributed by atoms with van der Waals surface area (Å²) in [5.74, 6) is -0.277. The lowest BCUT2D eigenvalue weighted by Gasteiger charge is -2.22. The quantitative estimate of drug-likeness (QED) is 0.845. The minimum absolute atomic E-state index is 0.0556. The van der Waals surface area contributed by atoms with Crippen LogP contribution in [0.4, 0.5) is 0 Å². The van der Waals surface area contributed by atoms with E-state index in [9.17, 15) is 9.59 Å². The van der Waals surface area contributed by atoms with Gasteiger partial charge in [-0.05, 0) is 30.7 Å². The second-order valence-corrected chi connectivity index (χ2v) is 5.92. The van der Waals surface area contributed by atoms with Crippen molar-refractivity contribution in [3.05, 3.63) is 35.9 Å². The molecule has 2 N–H and O–H groups in total. The van der Waals surface area contributed by atoms with Crippen LogP contribution < -0.4 is 5.32 Å². The molecule has 1 aromatic carbocycles. The molecule has 114 valence electrons. The van der Waals surface area contributed by atoms with E-state index in [1.165, 1.54) is 0 Å². The first kappa shape index (κ1) is 15.5. The number of hydrogen-bond acceptors (Lipinski definition) is 2. The van der Waals surface area contributed by atoms with Gasteiger partial charge in [-0.25, -0.2) is 0 Å². The molecule has 3 unspecified atom stereocenters. The number of nitrogens with one attached hydrogen (secondary N) is 1. The van der Waals surface area contributed by atoms with Crippen LogP contribution in [0.5, 0.6) is 0 Å². The number of carbonyl (C=O) groups is 2. The van der Waals surface area contributed by atoms with Crippen LogP contribution in [-0.2, 0) is 9.59 Å². The molecule has 1 aromatic rings. The van der Waals surface area contributed by atoms with Crippen LogP contribution in [0.25, 0.3) is 0 Å². The van der Waals surface area contributed by atoms with Gasteiger partial charge in [0, 0.05) is 12.3 Å². The van der Waals surface area contributed by atoms with Gasteiger partial charge in [0.1, 0.15) is 0 Å². The Labute approximate surface area is 125 Å². The number of amides is 1. The van der Waals surface area contributed by atoms with Gasteiger partial charge in [0.25, 0.3) is 0 Å². The van der Waals surface area contributed by atoms with Gasteiger partial charge in [-0.1, -0.05) is 43.7 Å². The molecule has 4 heteroatoms. The molecular formula is C17H23NO3. The fraction of sp³-hybridized carbons (Fsp3) is 0.529. The Bertz CT molecular complexity index is 486.